The number of aryl methyl sites for hydroxylation is 1. The first-order valence-corrected chi connectivity index (χ1v) is 13.5. The van der Waals surface area contributed by atoms with Gasteiger partial charge in [0.1, 0.15) is 0 Å². The van der Waals surface area contributed by atoms with Gasteiger partial charge in [-0.25, -0.2) is 9.97 Å². The number of nitrogens with zero attached hydrogens (tertiary/aromatic N) is 4. The van der Waals surface area contributed by atoms with Gasteiger partial charge in [-0.05, 0) is 60.5 Å². The van der Waals surface area contributed by atoms with Crippen LogP contribution in [0, 0.1) is 12.3 Å². The van der Waals surface area contributed by atoms with Gasteiger partial charge in [-0.1, -0.05) is 18.2 Å². The summed E-state index contributed by atoms with van der Waals surface area (Å²) in [4.78, 5) is 28.6. The summed E-state index contributed by atoms with van der Waals surface area (Å²) in [6.07, 6.45) is 5.22. The molecular weight excluding hydrogens is 480 g/mol. The van der Waals surface area contributed by atoms with Crippen LogP contribution in [0.4, 0.5) is 17.3 Å². The van der Waals surface area contributed by atoms with Crippen molar-refractivity contribution in [2.75, 3.05) is 35.2 Å². The third kappa shape index (κ3) is 5.21. The minimum Gasteiger partial charge on any atom is -0.324 e. The lowest BCUT2D eigenvalue weighted by atomic mass is 9.82. The molecule has 2 aliphatic rings. The van der Waals surface area contributed by atoms with E-state index in [0.29, 0.717) is 22.6 Å². The van der Waals surface area contributed by atoms with Crippen LogP contribution in [0.15, 0.2) is 79.3 Å². The molecular formula is C29H28N6OS. The van der Waals surface area contributed by atoms with E-state index in [0.717, 1.165) is 29.1 Å². The minimum absolute atomic E-state index is 0.134. The summed E-state index contributed by atoms with van der Waals surface area (Å²) in [6.45, 7) is 5.35. The molecule has 0 unspecified atom stereocenters. The van der Waals surface area contributed by atoms with Gasteiger partial charge in [0.2, 0.25) is 5.95 Å². The number of hydrogen-bond donors (Lipinski definition) is 2. The van der Waals surface area contributed by atoms with Crippen LogP contribution >= 0.6 is 11.8 Å². The third-order valence-electron chi connectivity index (χ3n) is 6.91. The van der Waals surface area contributed by atoms with Crippen molar-refractivity contribution in [3.05, 3.63) is 95.9 Å². The molecule has 2 aliphatic heterocycles. The number of carbonyl (C=O) groups excluding carboxylic acids is 1. The number of amides is 1. The molecule has 1 spiro atoms. The molecule has 2 N–H and O–H groups in total. The monoisotopic (exact) mass is 508 g/mol. The zero-order chi connectivity index (χ0) is 25.2. The Hall–Kier alpha value is -3.75. The van der Waals surface area contributed by atoms with Gasteiger partial charge in [0, 0.05) is 77.6 Å². The number of likely N-dealkylation sites (tertiary alicyclic amines) is 1. The average Bonchev–Trinajstić information content (AvgIpc) is 2.88. The number of pyridine rings is 1. The SMILES string of the molecule is Cc1ccc(NC(=O)c2ccc(CN3CC4(CSC4)C3)cc2)cc1Nc1nccc(-c2cccnc2)n1. The fraction of sp³-hybridized carbons (Fsp3) is 0.241. The number of benzene rings is 2. The van der Waals surface area contributed by atoms with E-state index in [4.69, 9.17) is 0 Å². The molecule has 2 fully saturated rings. The van der Waals surface area contributed by atoms with Gasteiger partial charge >= 0.3 is 0 Å². The number of carbonyl (C=O) groups is 1. The summed E-state index contributed by atoms with van der Waals surface area (Å²) in [5.74, 6) is 2.96. The highest BCUT2D eigenvalue weighted by molar-refractivity contribution is 8.00. The standard InChI is InChI=1S/C29H28N6OS/c1-20-4-9-24(13-26(20)34-28-31-12-10-25(33-28)23-3-2-11-30-14-23)32-27(36)22-7-5-21(6-8-22)15-35-16-29(17-35)18-37-19-29/h2-14H,15-19H2,1H3,(H,32,36)(H,31,33,34). The third-order valence-corrected chi connectivity index (χ3v) is 8.54. The van der Waals surface area contributed by atoms with Crippen LogP contribution in [-0.4, -0.2) is 50.4 Å². The highest BCUT2D eigenvalue weighted by Crippen LogP contribution is 2.45. The smallest absolute Gasteiger partial charge is 0.255 e. The second-order valence-electron chi connectivity index (χ2n) is 9.95. The Balaban J connectivity index is 1.10. The normalized spacial score (nSPS) is 16.0. The van der Waals surface area contributed by atoms with Crippen LogP contribution in [0.1, 0.15) is 21.5 Å². The van der Waals surface area contributed by atoms with Crippen LogP contribution in [0.25, 0.3) is 11.3 Å². The van der Waals surface area contributed by atoms with E-state index < -0.39 is 0 Å². The van der Waals surface area contributed by atoms with Crippen molar-refractivity contribution in [2.45, 2.75) is 13.5 Å². The first-order valence-electron chi connectivity index (χ1n) is 12.4. The largest absolute Gasteiger partial charge is 0.324 e. The van der Waals surface area contributed by atoms with E-state index in [1.165, 1.54) is 30.2 Å². The van der Waals surface area contributed by atoms with E-state index in [1.807, 2.05) is 55.5 Å². The first kappa shape index (κ1) is 23.6. The van der Waals surface area contributed by atoms with Gasteiger partial charge in [0.05, 0.1) is 5.69 Å². The van der Waals surface area contributed by atoms with Crippen LogP contribution in [0.5, 0.6) is 0 Å². The number of rotatable bonds is 7. The van der Waals surface area contributed by atoms with Gasteiger partial charge in [-0.15, -0.1) is 0 Å². The molecule has 2 aromatic heterocycles. The maximum Gasteiger partial charge on any atom is 0.255 e. The summed E-state index contributed by atoms with van der Waals surface area (Å²) < 4.78 is 0. The molecule has 1 amide bonds. The van der Waals surface area contributed by atoms with Gasteiger partial charge in [0.15, 0.2) is 0 Å². The summed E-state index contributed by atoms with van der Waals surface area (Å²) >= 11 is 2.05. The second-order valence-corrected chi connectivity index (χ2v) is 10.9. The van der Waals surface area contributed by atoms with E-state index in [9.17, 15) is 4.79 Å². The molecule has 2 saturated heterocycles. The van der Waals surface area contributed by atoms with Crippen LogP contribution < -0.4 is 10.6 Å². The van der Waals surface area contributed by atoms with Crippen molar-refractivity contribution in [2.24, 2.45) is 5.41 Å². The summed E-state index contributed by atoms with van der Waals surface area (Å²) in [5.41, 5.74) is 6.74. The maximum absolute atomic E-state index is 12.9. The first-order chi connectivity index (χ1) is 18.1. The van der Waals surface area contributed by atoms with Crippen LogP contribution in [-0.2, 0) is 6.54 Å². The zero-order valence-electron chi connectivity index (χ0n) is 20.6. The van der Waals surface area contributed by atoms with Gasteiger partial charge in [-0.2, -0.15) is 11.8 Å². The Morgan fingerprint density at radius 2 is 1.89 bits per heavy atom. The van der Waals surface area contributed by atoms with E-state index in [-0.39, 0.29) is 5.91 Å². The average molecular weight is 509 g/mol. The van der Waals surface area contributed by atoms with Gasteiger partial charge in [0.25, 0.3) is 5.91 Å². The molecule has 7 nitrogen and oxygen atoms in total. The highest BCUT2D eigenvalue weighted by atomic mass is 32.2. The molecule has 0 radical (unpaired) electrons. The van der Waals surface area contributed by atoms with Gasteiger partial charge < -0.3 is 10.6 Å². The number of aromatic nitrogens is 3. The Kier molecular flexibility index (Phi) is 6.36. The van der Waals surface area contributed by atoms with E-state index >= 15 is 0 Å². The number of nitrogens with one attached hydrogen (secondary N) is 2. The molecule has 4 aromatic rings. The van der Waals surface area contributed by atoms with E-state index in [2.05, 4.69) is 54.4 Å². The lowest BCUT2D eigenvalue weighted by Gasteiger charge is -2.55. The molecule has 0 bridgehead atoms. The second kappa shape index (κ2) is 9.95. The van der Waals surface area contributed by atoms with Crippen molar-refractivity contribution in [3.8, 4) is 11.3 Å². The van der Waals surface area contributed by atoms with E-state index in [1.54, 1.807) is 18.6 Å². The lowest BCUT2D eigenvalue weighted by molar-refractivity contribution is 0.0232. The van der Waals surface area contributed by atoms with Crippen molar-refractivity contribution >= 4 is 35.0 Å². The van der Waals surface area contributed by atoms with Crippen LogP contribution in [0.3, 0.4) is 0 Å². The Morgan fingerprint density at radius 3 is 2.62 bits per heavy atom. The van der Waals surface area contributed by atoms with Crippen molar-refractivity contribution in [1.82, 2.24) is 19.9 Å². The molecule has 6 rings (SSSR count). The number of hydrogen-bond acceptors (Lipinski definition) is 7. The molecule has 4 heterocycles. The molecule has 186 valence electrons. The zero-order valence-corrected chi connectivity index (χ0v) is 21.5. The molecule has 0 saturated carbocycles. The number of anilines is 3. The fourth-order valence-corrected chi connectivity index (χ4v) is 6.01. The topological polar surface area (TPSA) is 83.0 Å². The molecule has 8 heteroatoms. The molecule has 0 atom stereocenters. The Bertz CT molecular complexity index is 1410. The molecule has 37 heavy (non-hydrogen) atoms. The fourth-order valence-electron chi connectivity index (χ4n) is 4.86. The minimum atomic E-state index is -0.134. The molecule has 0 aliphatic carbocycles. The Labute approximate surface area is 220 Å². The number of thioether (sulfide) groups is 1. The summed E-state index contributed by atoms with van der Waals surface area (Å²) in [5, 5.41) is 6.30. The van der Waals surface area contributed by atoms with Crippen molar-refractivity contribution < 1.29 is 4.79 Å². The molecule has 2 aromatic carbocycles. The Morgan fingerprint density at radius 1 is 1.05 bits per heavy atom. The predicted molar refractivity (Wildman–Crippen MR) is 149 cm³/mol. The van der Waals surface area contributed by atoms with Crippen LogP contribution in [0.2, 0.25) is 0 Å². The lowest BCUT2D eigenvalue weighted by Crippen LogP contribution is -2.62. The van der Waals surface area contributed by atoms with Crippen molar-refractivity contribution in [3.63, 3.8) is 0 Å². The predicted octanol–water partition coefficient (Wildman–Crippen LogP) is 5.39. The quantitative estimate of drug-likeness (QED) is 0.346. The summed E-state index contributed by atoms with van der Waals surface area (Å²) in [7, 11) is 0. The maximum atomic E-state index is 12.9. The summed E-state index contributed by atoms with van der Waals surface area (Å²) in [6, 6.07) is 19.4. The van der Waals surface area contributed by atoms with Crippen molar-refractivity contribution in [1.29, 1.82) is 0 Å². The van der Waals surface area contributed by atoms with Gasteiger partial charge in [-0.3, -0.25) is 14.7 Å². The highest BCUT2D eigenvalue weighted by Gasteiger charge is 2.47.